The van der Waals surface area contributed by atoms with E-state index in [1.807, 2.05) is 24.3 Å². The third-order valence-electron chi connectivity index (χ3n) is 4.29. The number of rotatable bonds is 1. The number of ether oxygens (including phenoxy) is 2. The minimum Gasteiger partial charge on any atom is -0.497 e. The number of benzene rings is 2. The molecule has 2 aliphatic rings. The summed E-state index contributed by atoms with van der Waals surface area (Å²) in [5.74, 6) is 1.73. The smallest absolute Gasteiger partial charge is 0.144 e. The van der Waals surface area contributed by atoms with Crippen LogP contribution in [-0.2, 0) is 6.42 Å². The standard InChI is InChI=1S/C17H16ClNO2/c1-20-12-5-2-10-3-6-14-17(13(10)9-12)21-16-7-4-11(18)8-15(16)19-14/h2,4-5,7-9,14,17,19H,3,6H2,1H3. The summed E-state index contributed by atoms with van der Waals surface area (Å²) in [6, 6.07) is 12.2. The lowest BCUT2D eigenvalue weighted by Gasteiger charge is -2.39. The Bertz CT molecular complexity index is 701. The Morgan fingerprint density at radius 3 is 3.00 bits per heavy atom. The van der Waals surface area contributed by atoms with Crippen molar-refractivity contribution in [2.45, 2.75) is 25.0 Å². The van der Waals surface area contributed by atoms with Crippen molar-refractivity contribution >= 4 is 17.3 Å². The van der Waals surface area contributed by atoms with Crippen LogP contribution in [0, 0.1) is 0 Å². The van der Waals surface area contributed by atoms with E-state index in [4.69, 9.17) is 21.1 Å². The monoisotopic (exact) mass is 301 g/mol. The van der Waals surface area contributed by atoms with Crippen molar-refractivity contribution in [1.82, 2.24) is 0 Å². The molecule has 2 aromatic rings. The van der Waals surface area contributed by atoms with Gasteiger partial charge in [0.15, 0.2) is 0 Å². The van der Waals surface area contributed by atoms with Crippen molar-refractivity contribution in [3.63, 3.8) is 0 Å². The second kappa shape index (κ2) is 4.85. The van der Waals surface area contributed by atoms with E-state index < -0.39 is 0 Å². The largest absolute Gasteiger partial charge is 0.497 e. The molecule has 4 rings (SSSR count). The second-order valence-electron chi connectivity index (χ2n) is 5.53. The summed E-state index contributed by atoms with van der Waals surface area (Å²) in [4.78, 5) is 0. The average molecular weight is 302 g/mol. The van der Waals surface area contributed by atoms with Crippen LogP contribution in [0.3, 0.4) is 0 Å². The van der Waals surface area contributed by atoms with Crippen LogP contribution in [0.4, 0.5) is 5.69 Å². The molecule has 0 aromatic heterocycles. The number of hydrogen-bond acceptors (Lipinski definition) is 3. The van der Waals surface area contributed by atoms with Gasteiger partial charge in [-0.2, -0.15) is 0 Å². The molecule has 1 aliphatic carbocycles. The number of fused-ring (bicyclic) bond motifs is 4. The average Bonchev–Trinajstić information content (AvgIpc) is 2.52. The first kappa shape index (κ1) is 12.8. The van der Waals surface area contributed by atoms with Crippen LogP contribution in [0.25, 0.3) is 0 Å². The van der Waals surface area contributed by atoms with Gasteiger partial charge in [0.25, 0.3) is 0 Å². The molecule has 108 valence electrons. The molecule has 2 atom stereocenters. The Morgan fingerprint density at radius 2 is 2.14 bits per heavy atom. The van der Waals surface area contributed by atoms with Gasteiger partial charge >= 0.3 is 0 Å². The maximum absolute atomic E-state index is 6.24. The Hall–Kier alpha value is -1.87. The van der Waals surface area contributed by atoms with Crippen molar-refractivity contribution in [3.05, 3.63) is 52.5 Å². The first-order valence-electron chi connectivity index (χ1n) is 7.14. The zero-order valence-electron chi connectivity index (χ0n) is 11.7. The fraction of sp³-hybridized carbons (Fsp3) is 0.294. The summed E-state index contributed by atoms with van der Waals surface area (Å²) in [7, 11) is 1.69. The Labute approximate surface area is 128 Å². The normalized spacial score (nSPS) is 22.2. The molecule has 0 saturated heterocycles. The third kappa shape index (κ3) is 2.12. The van der Waals surface area contributed by atoms with Crippen LogP contribution in [0.5, 0.6) is 11.5 Å². The lowest BCUT2D eigenvalue weighted by Crippen LogP contribution is -2.38. The van der Waals surface area contributed by atoms with E-state index >= 15 is 0 Å². The molecule has 1 N–H and O–H groups in total. The van der Waals surface area contributed by atoms with Gasteiger partial charge in [-0.3, -0.25) is 0 Å². The highest BCUT2D eigenvalue weighted by Crippen LogP contribution is 2.43. The number of methoxy groups -OCH3 is 1. The van der Waals surface area contributed by atoms with Crippen molar-refractivity contribution < 1.29 is 9.47 Å². The molecule has 0 amide bonds. The Balaban J connectivity index is 1.76. The lowest BCUT2D eigenvalue weighted by atomic mass is 9.84. The number of hydrogen-bond donors (Lipinski definition) is 1. The molecule has 21 heavy (non-hydrogen) atoms. The van der Waals surface area contributed by atoms with Gasteiger partial charge in [-0.1, -0.05) is 17.7 Å². The van der Waals surface area contributed by atoms with Gasteiger partial charge in [0, 0.05) is 10.6 Å². The van der Waals surface area contributed by atoms with Crippen LogP contribution in [-0.4, -0.2) is 13.2 Å². The van der Waals surface area contributed by atoms with Gasteiger partial charge in [0.05, 0.1) is 18.8 Å². The van der Waals surface area contributed by atoms with Gasteiger partial charge < -0.3 is 14.8 Å². The quantitative estimate of drug-likeness (QED) is 0.856. The minimum absolute atomic E-state index is 0.0255. The van der Waals surface area contributed by atoms with Crippen molar-refractivity contribution in [2.24, 2.45) is 0 Å². The van der Waals surface area contributed by atoms with Gasteiger partial charge in [0.1, 0.15) is 17.6 Å². The molecule has 0 fully saturated rings. The van der Waals surface area contributed by atoms with E-state index in [0.717, 1.165) is 35.1 Å². The molecule has 1 aliphatic heterocycles. The summed E-state index contributed by atoms with van der Waals surface area (Å²) in [5.41, 5.74) is 3.55. The first-order chi connectivity index (χ1) is 10.2. The molecule has 2 aromatic carbocycles. The molecule has 0 saturated carbocycles. The minimum atomic E-state index is 0.0255. The van der Waals surface area contributed by atoms with E-state index in [-0.39, 0.29) is 12.1 Å². The molecule has 0 spiro atoms. The number of halogens is 1. The molecule has 4 heteroatoms. The second-order valence-corrected chi connectivity index (χ2v) is 5.97. The van der Waals surface area contributed by atoms with E-state index in [0.29, 0.717) is 0 Å². The number of nitrogens with one attached hydrogen (secondary N) is 1. The molecular weight excluding hydrogens is 286 g/mol. The number of anilines is 1. The zero-order valence-corrected chi connectivity index (χ0v) is 12.5. The van der Waals surface area contributed by atoms with Crippen LogP contribution in [0.15, 0.2) is 36.4 Å². The van der Waals surface area contributed by atoms with E-state index in [1.54, 1.807) is 7.11 Å². The molecule has 2 unspecified atom stereocenters. The fourth-order valence-corrected chi connectivity index (χ4v) is 3.39. The first-order valence-corrected chi connectivity index (χ1v) is 7.52. The van der Waals surface area contributed by atoms with Crippen molar-refractivity contribution in [1.29, 1.82) is 0 Å². The maximum atomic E-state index is 6.24. The van der Waals surface area contributed by atoms with E-state index in [9.17, 15) is 0 Å². The highest BCUT2D eigenvalue weighted by molar-refractivity contribution is 6.30. The highest BCUT2D eigenvalue weighted by atomic mass is 35.5. The Kier molecular flexibility index (Phi) is 2.96. The van der Waals surface area contributed by atoms with Crippen LogP contribution in [0.2, 0.25) is 5.02 Å². The highest BCUT2D eigenvalue weighted by Gasteiger charge is 2.35. The summed E-state index contributed by atoms with van der Waals surface area (Å²) in [6.07, 6.45) is 2.13. The van der Waals surface area contributed by atoms with E-state index in [1.165, 1.54) is 11.1 Å². The number of aryl methyl sites for hydroxylation is 1. The van der Waals surface area contributed by atoms with Crippen molar-refractivity contribution in [2.75, 3.05) is 12.4 Å². The topological polar surface area (TPSA) is 30.5 Å². The van der Waals surface area contributed by atoms with Gasteiger partial charge in [0.2, 0.25) is 0 Å². The molecular formula is C17H16ClNO2. The molecule has 3 nitrogen and oxygen atoms in total. The summed E-state index contributed by atoms with van der Waals surface area (Å²) in [5, 5.41) is 4.29. The third-order valence-corrected chi connectivity index (χ3v) is 4.52. The zero-order chi connectivity index (χ0) is 14.4. The van der Waals surface area contributed by atoms with Crippen LogP contribution >= 0.6 is 11.6 Å². The maximum Gasteiger partial charge on any atom is 0.144 e. The van der Waals surface area contributed by atoms with Crippen LogP contribution in [0.1, 0.15) is 23.7 Å². The molecule has 0 bridgehead atoms. The Morgan fingerprint density at radius 1 is 1.24 bits per heavy atom. The summed E-state index contributed by atoms with van der Waals surface area (Å²) >= 11 is 6.06. The predicted molar refractivity (Wildman–Crippen MR) is 83.5 cm³/mol. The fourth-order valence-electron chi connectivity index (χ4n) is 3.22. The predicted octanol–water partition coefficient (Wildman–Crippen LogP) is 4.21. The van der Waals surface area contributed by atoms with Gasteiger partial charge in [-0.25, -0.2) is 0 Å². The summed E-state index contributed by atoms with van der Waals surface area (Å²) < 4.78 is 11.6. The van der Waals surface area contributed by atoms with Gasteiger partial charge in [-0.05, 0) is 48.7 Å². The SMILES string of the molecule is COc1ccc2c(c1)C1Oc3ccc(Cl)cc3NC1CC2. The van der Waals surface area contributed by atoms with E-state index in [2.05, 4.69) is 17.4 Å². The van der Waals surface area contributed by atoms with Crippen LogP contribution < -0.4 is 14.8 Å². The van der Waals surface area contributed by atoms with Gasteiger partial charge in [-0.15, -0.1) is 0 Å². The molecule has 0 radical (unpaired) electrons. The molecule has 1 heterocycles. The summed E-state index contributed by atoms with van der Waals surface area (Å²) in [6.45, 7) is 0. The van der Waals surface area contributed by atoms with Crippen molar-refractivity contribution in [3.8, 4) is 11.5 Å². The lowest BCUT2D eigenvalue weighted by molar-refractivity contribution is 0.157.